The first-order chi connectivity index (χ1) is 7.06. The highest BCUT2D eigenvalue weighted by Crippen LogP contribution is 2.35. The lowest BCUT2D eigenvalue weighted by Gasteiger charge is -2.38. The van der Waals surface area contributed by atoms with Crippen LogP contribution in [0.4, 0.5) is 14.5 Å². The fraction of sp³-hybridized carbons (Fsp3) is 0.300. The number of nitrogens with zero attached hydrogens (tertiary/aromatic N) is 1. The van der Waals surface area contributed by atoms with Gasteiger partial charge in [-0.3, -0.25) is 4.79 Å². The van der Waals surface area contributed by atoms with Crippen molar-refractivity contribution in [3.63, 3.8) is 0 Å². The lowest BCUT2D eigenvalue weighted by Crippen LogP contribution is -2.62. The van der Waals surface area contributed by atoms with Gasteiger partial charge < -0.3 is 4.90 Å². The molecule has 0 aliphatic carbocycles. The molecular weight excluding hydrogens is 224 g/mol. The minimum Gasteiger partial charge on any atom is -0.300 e. The van der Waals surface area contributed by atoms with Crippen LogP contribution in [0.25, 0.3) is 0 Å². The third-order valence-electron chi connectivity index (χ3n) is 2.34. The molecule has 5 heteroatoms. The number of rotatable bonds is 2. The number of hydrogen-bond acceptors (Lipinski definition) is 1. The topological polar surface area (TPSA) is 20.3 Å². The number of carbonyl (C=O) groups excluding carboxylic acids is 1. The summed E-state index contributed by atoms with van der Waals surface area (Å²) in [5.41, 5.74) is 1.16. The van der Waals surface area contributed by atoms with Gasteiger partial charge in [0.1, 0.15) is 0 Å². The summed E-state index contributed by atoms with van der Waals surface area (Å²) in [6.07, 6.45) is 0. The van der Waals surface area contributed by atoms with Crippen molar-refractivity contribution in [1.82, 2.24) is 0 Å². The number of alkyl halides is 3. The van der Waals surface area contributed by atoms with Gasteiger partial charge in [-0.15, -0.1) is 11.6 Å². The normalized spacial score (nSPS) is 18.9. The van der Waals surface area contributed by atoms with Gasteiger partial charge >= 0.3 is 5.92 Å². The van der Waals surface area contributed by atoms with Crippen molar-refractivity contribution in [1.29, 1.82) is 0 Å². The van der Waals surface area contributed by atoms with Gasteiger partial charge in [-0.2, -0.15) is 8.78 Å². The molecule has 0 bridgehead atoms. The molecule has 1 aromatic carbocycles. The van der Waals surface area contributed by atoms with Gasteiger partial charge in [0, 0.05) is 11.6 Å². The van der Waals surface area contributed by atoms with E-state index in [9.17, 15) is 13.6 Å². The molecule has 0 atom stereocenters. The molecule has 0 aromatic heterocycles. The molecule has 1 aliphatic heterocycles. The highest BCUT2D eigenvalue weighted by molar-refractivity contribution is 6.18. The van der Waals surface area contributed by atoms with E-state index < -0.39 is 18.4 Å². The molecule has 0 spiro atoms. The standard InChI is InChI=1S/C10H8ClF2NO/c11-5-7-3-1-2-4-8(7)14-6-10(12,13)9(14)15/h1-4H,5-6H2. The molecule has 1 heterocycles. The van der Waals surface area contributed by atoms with E-state index in [2.05, 4.69) is 0 Å². The minimum absolute atomic E-state index is 0.200. The van der Waals surface area contributed by atoms with E-state index in [1.807, 2.05) is 0 Å². The Morgan fingerprint density at radius 3 is 2.60 bits per heavy atom. The molecule has 1 amide bonds. The average Bonchev–Trinajstić information content (AvgIpc) is 2.25. The Kier molecular flexibility index (Phi) is 2.38. The largest absolute Gasteiger partial charge is 0.342 e. The van der Waals surface area contributed by atoms with Crippen LogP contribution >= 0.6 is 11.6 Å². The summed E-state index contributed by atoms with van der Waals surface area (Å²) in [5.74, 6) is -4.16. The quantitative estimate of drug-likeness (QED) is 0.565. The third kappa shape index (κ3) is 1.59. The van der Waals surface area contributed by atoms with Gasteiger partial charge in [0.25, 0.3) is 5.91 Å². The summed E-state index contributed by atoms with van der Waals surface area (Å²) in [5, 5.41) is 0. The molecule has 0 radical (unpaired) electrons. The number of halogens is 3. The Labute approximate surface area is 90.4 Å². The zero-order valence-corrected chi connectivity index (χ0v) is 8.47. The zero-order chi connectivity index (χ0) is 11.1. The second kappa shape index (κ2) is 3.45. The summed E-state index contributed by atoms with van der Waals surface area (Å²) in [6, 6.07) is 6.77. The van der Waals surface area contributed by atoms with E-state index in [0.29, 0.717) is 11.3 Å². The smallest absolute Gasteiger partial charge is 0.300 e. The molecule has 15 heavy (non-hydrogen) atoms. The maximum absolute atomic E-state index is 12.7. The number of hydrogen-bond donors (Lipinski definition) is 0. The third-order valence-corrected chi connectivity index (χ3v) is 2.63. The van der Waals surface area contributed by atoms with Crippen molar-refractivity contribution in [3.8, 4) is 0 Å². The fourth-order valence-electron chi connectivity index (χ4n) is 1.53. The molecule has 1 fully saturated rings. The van der Waals surface area contributed by atoms with Gasteiger partial charge in [-0.05, 0) is 11.6 Å². The summed E-state index contributed by atoms with van der Waals surface area (Å²) in [4.78, 5) is 12.1. The van der Waals surface area contributed by atoms with Crippen molar-refractivity contribution >= 4 is 23.2 Å². The summed E-state index contributed by atoms with van der Waals surface area (Å²) in [7, 11) is 0. The van der Waals surface area contributed by atoms with Crippen LogP contribution in [0.1, 0.15) is 5.56 Å². The first-order valence-corrected chi connectivity index (χ1v) is 4.93. The van der Waals surface area contributed by atoms with E-state index in [4.69, 9.17) is 11.6 Å². The molecular formula is C10H8ClF2NO. The van der Waals surface area contributed by atoms with E-state index in [0.717, 1.165) is 4.90 Å². The predicted molar refractivity (Wildman–Crippen MR) is 53.3 cm³/mol. The van der Waals surface area contributed by atoms with Gasteiger partial charge in [0.05, 0.1) is 6.54 Å². The number of para-hydroxylation sites is 1. The lowest BCUT2D eigenvalue weighted by atomic mass is 10.1. The van der Waals surface area contributed by atoms with Gasteiger partial charge in [-0.1, -0.05) is 18.2 Å². The molecule has 0 saturated carbocycles. The van der Waals surface area contributed by atoms with Gasteiger partial charge in [-0.25, -0.2) is 0 Å². The van der Waals surface area contributed by atoms with Crippen LogP contribution in [-0.4, -0.2) is 18.4 Å². The van der Waals surface area contributed by atoms with E-state index >= 15 is 0 Å². The van der Waals surface area contributed by atoms with E-state index in [1.54, 1.807) is 24.3 Å². The van der Waals surface area contributed by atoms with Crippen LogP contribution < -0.4 is 4.90 Å². The molecule has 2 rings (SSSR count). The van der Waals surface area contributed by atoms with Crippen LogP contribution in [0.5, 0.6) is 0 Å². The van der Waals surface area contributed by atoms with Crippen LogP contribution in [0, 0.1) is 0 Å². The Hall–Kier alpha value is -1.16. The molecule has 2 nitrogen and oxygen atoms in total. The van der Waals surface area contributed by atoms with Gasteiger partial charge in [0.2, 0.25) is 0 Å². The average molecular weight is 232 g/mol. The Morgan fingerprint density at radius 2 is 2.07 bits per heavy atom. The lowest BCUT2D eigenvalue weighted by molar-refractivity contribution is -0.152. The highest BCUT2D eigenvalue weighted by Gasteiger charge is 2.55. The summed E-state index contributed by atoms with van der Waals surface area (Å²) < 4.78 is 25.4. The Morgan fingerprint density at radius 1 is 1.40 bits per heavy atom. The van der Waals surface area contributed by atoms with Crippen LogP contribution in [-0.2, 0) is 10.7 Å². The van der Waals surface area contributed by atoms with Crippen molar-refractivity contribution in [2.24, 2.45) is 0 Å². The monoisotopic (exact) mass is 231 g/mol. The summed E-state index contributed by atoms with van der Waals surface area (Å²) in [6.45, 7) is -0.556. The highest BCUT2D eigenvalue weighted by atomic mass is 35.5. The molecule has 1 aromatic rings. The van der Waals surface area contributed by atoms with Crippen LogP contribution in [0.3, 0.4) is 0 Å². The number of benzene rings is 1. The Balaban J connectivity index is 2.29. The van der Waals surface area contributed by atoms with Crippen molar-refractivity contribution in [3.05, 3.63) is 29.8 Å². The van der Waals surface area contributed by atoms with Crippen LogP contribution in [0.15, 0.2) is 24.3 Å². The molecule has 1 saturated heterocycles. The second-order valence-corrected chi connectivity index (χ2v) is 3.63. The second-order valence-electron chi connectivity index (χ2n) is 3.36. The predicted octanol–water partition coefficient (Wildman–Crippen LogP) is 2.41. The first-order valence-electron chi connectivity index (χ1n) is 4.40. The maximum Gasteiger partial charge on any atom is 0.342 e. The summed E-state index contributed by atoms with van der Waals surface area (Å²) >= 11 is 5.65. The van der Waals surface area contributed by atoms with E-state index in [-0.39, 0.29) is 5.88 Å². The van der Waals surface area contributed by atoms with Crippen molar-refractivity contribution in [2.45, 2.75) is 11.8 Å². The minimum atomic E-state index is -3.21. The maximum atomic E-state index is 12.7. The number of anilines is 1. The number of β-lactam (4-membered cyclic amide) rings is 1. The fourth-order valence-corrected chi connectivity index (χ4v) is 1.75. The molecule has 0 unspecified atom stereocenters. The van der Waals surface area contributed by atoms with E-state index in [1.165, 1.54) is 0 Å². The van der Waals surface area contributed by atoms with Crippen molar-refractivity contribution < 1.29 is 13.6 Å². The van der Waals surface area contributed by atoms with Crippen LogP contribution in [0.2, 0.25) is 0 Å². The van der Waals surface area contributed by atoms with Crippen molar-refractivity contribution in [2.75, 3.05) is 11.4 Å². The molecule has 1 aliphatic rings. The first kappa shape index (κ1) is 10.4. The Bertz CT molecular complexity index is 408. The SMILES string of the molecule is O=C1N(c2ccccc2CCl)CC1(F)F. The molecule has 80 valence electrons. The zero-order valence-electron chi connectivity index (χ0n) is 7.71. The van der Waals surface area contributed by atoms with Gasteiger partial charge in [0.15, 0.2) is 0 Å². The number of amides is 1. The molecule has 0 N–H and O–H groups in total. The number of carbonyl (C=O) groups is 1.